The molecule has 2 aromatic carbocycles. The monoisotopic (exact) mass is 395 g/mol. The number of esters is 1. The van der Waals surface area contributed by atoms with E-state index in [1.165, 1.54) is 0 Å². The number of nitrogens with zero attached hydrogens (tertiary/aromatic N) is 1. The highest BCUT2D eigenvalue weighted by molar-refractivity contribution is 5.98. The van der Waals surface area contributed by atoms with Gasteiger partial charge in [-0.05, 0) is 18.1 Å². The summed E-state index contributed by atoms with van der Waals surface area (Å²) >= 11 is 0. The van der Waals surface area contributed by atoms with Crippen molar-refractivity contribution >= 4 is 17.7 Å². The quantitative estimate of drug-likeness (QED) is 0.532. The molecule has 1 saturated heterocycles. The van der Waals surface area contributed by atoms with Crippen LogP contribution < -0.4 is 0 Å². The molecule has 0 spiro atoms. The number of carbonyl (C=O) groups excluding carboxylic acids is 3. The Hall–Kier alpha value is -2.99. The Morgan fingerprint density at radius 2 is 1.55 bits per heavy atom. The standard InChI is InChI=1S/C23H25NO5/c1-17(23(27)24-13-15-28-16-14-24)29-22(26)12-11-21(25)20-9-7-19(8-10-20)18-5-3-2-4-6-18/h2-10,17H,11-16H2,1H3. The number of rotatable bonds is 7. The van der Waals surface area contributed by atoms with Crippen molar-refractivity contribution in [1.29, 1.82) is 0 Å². The van der Waals surface area contributed by atoms with E-state index in [2.05, 4.69) is 0 Å². The van der Waals surface area contributed by atoms with Crippen molar-refractivity contribution in [2.45, 2.75) is 25.9 Å². The molecule has 1 heterocycles. The van der Waals surface area contributed by atoms with Crippen molar-refractivity contribution in [2.24, 2.45) is 0 Å². The molecule has 0 saturated carbocycles. The summed E-state index contributed by atoms with van der Waals surface area (Å²) in [5, 5.41) is 0. The van der Waals surface area contributed by atoms with Crippen LogP contribution in [0.2, 0.25) is 0 Å². The molecule has 0 aromatic heterocycles. The van der Waals surface area contributed by atoms with Crippen molar-refractivity contribution in [1.82, 2.24) is 4.90 Å². The van der Waals surface area contributed by atoms with Crippen molar-refractivity contribution in [3.63, 3.8) is 0 Å². The van der Waals surface area contributed by atoms with Gasteiger partial charge in [0.1, 0.15) is 0 Å². The van der Waals surface area contributed by atoms with Gasteiger partial charge in [-0.25, -0.2) is 0 Å². The average Bonchev–Trinajstić information content (AvgIpc) is 2.78. The third-order valence-electron chi connectivity index (χ3n) is 4.85. The number of hydrogen-bond donors (Lipinski definition) is 0. The molecule has 2 aromatic rings. The lowest BCUT2D eigenvalue weighted by atomic mass is 10.0. The zero-order valence-corrected chi connectivity index (χ0v) is 16.5. The normalized spacial score (nSPS) is 14.9. The third-order valence-corrected chi connectivity index (χ3v) is 4.85. The van der Waals surface area contributed by atoms with E-state index < -0.39 is 12.1 Å². The predicted octanol–water partition coefficient (Wildman–Crippen LogP) is 3.11. The molecule has 0 bridgehead atoms. The molecule has 1 aliphatic rings. The zero-order chi connectivity index (χ0) is 20.6. The second kappa shape index (κ2) is 9.98. The number of amides is 1. The molecule has 1 unspecified atom stereocenters. The van der Waals surface area contributed by atoms with Gasteiger partial charge in [-0.2, -0.15) is 0 Å². The molecule has 0 radical (unpaired) electrons. The minimum Gasteiger partial charge on any atom is -0.453 e. The van der Waals surface area contributed by atoms with Crippen molar-refractivity contribution in [3.05, 3.63) is 60.2 Å². The summed E-state index contributed by atoms with van der Waals surface area (Å²) < 4.78 is 10.4. The van der Waals surface area contributed by atoms with Gasteiger partial charge < -0.3 is 14.4 Å². The van der Waals surface area contributed by atoms with Crippen LogP contribution in [0.15, 0.2) is 54.6 Å². The third kappa shape index (κ3) is 5.74. The van der Waals surface area contributed by atoms with Gasteiger partial charge in [0.25, 0.3) is 5.91 Å². The number of carbonyl (C=O) groups is 3. The maximum Gasteiger partial charge on any atom is 0.307 e. The minimum absolute atomic E-state index is 0.0436. The summed E-state index contributed by atoms with van der Waals surface area (Å²) in [4.78, 5) is 38.3. The van der Waals surface area contributed by atoms with Gasteiger partial charge in [0, 0.05) is 25.1 Å². The van der Waals surface area contributed by atoms with Crippen LogP contribution in [-0.2, 0) is 19.1 Å². The maximum absolute atomic E-state index is 12.4. The molecule has 152 valence electrons. The Morgan fingerprint density at radius 1 is 0.931 bits per heavy atom. The second-order valence-corrected chi connectivity index (χ2v) is 6.94. The first kappa shape index (κ1) is 20.7. The van der Waals surface area contributed by atoms with Crippen LogP contribution in [0.1, 0.15) is 30.1 Å². The topological polar surface area (TPSA) is 72.9 Å². The van der Waals surface area contributed by atoms with Crippen LogP contribution in [0.4, 0.5) is 0 Å². The first-order valence-electron chi connectivity index (χ1n) is 9.79. The van der Waals surface area contributed by atoms with Gasteiger partial charge in [0.05, 0.1) is 19.6 Å². The Bertz CT molecular complexity index is 841. The van der Waals surface area contributed by atoms with Gasteiger partial charge in [-0.3, -0.25) is 14.4 Å². The summed E-state index contributed by atoms with van der Waals surface area (Å²) in [7, 11) is 0. The maximum atomic E-state index is 12.4. The van der Waals surface area contributed by atoms with Crippen LogP contribution >= 0.6 is 0 Å². The van der Waals surface area contributed by atoms with Gasteiger partial charge in [0.2, 0.25) is 0 Å². The van der Waals surface area contributed by atoms with E-state index in [-0.39, 0.29) is 24.5 Å². The molecule has 1 amide bonds. The molecular formula is C23H25NO5. The lowest BCUT2D eigenvalue weighted by molar-refractivity contribution is -0.160. The van der Waals surface area contributed by atoms with E-state index in [4.69, 9.17) is 9.47 Å². The van der Waals surface area contributed by atoms with Crippen LogP contribution in [0.25, 0.3) is 11.1 Å². The highest BCUT2D eigenvalue weighted by Gasteiger charge is 2.25. The Balaban J connectivity index is 1.47. The van der Waals surface area contributed by atoms with E-state index in [0.29, 0.717) is 31.9 Å². The van der Waals surface area contributed by atoms with Crippen molar-refractivity contribution < 1.29 is 23.9 Å². The largest absolute Gasteiger partial charge is 0.453 e. The van der Waals surface area contributed by atoms with E-state index in [1.54, 1.807) is 24.0 Å². The molecule has 6 nitrogen and oxygen atoms in total. The lowest BCUT2D eigenvalue weighted by Crippen LogP contribution is -2.46. The predicted molar refractivity (Wildman–Crippen MR) is 108 cm³/mol. The highest BCUT2D eigenvalue weighted by atomic mass is 16.5. The number of morpholine rings is 1. The molecule has 1 atom stereocenters. The summed E-state index contributed by atoms with van der Waals surface area (Å²) in [5.74, 6) is -0.911. The molecule has 29 heavy (non-hydrogen) atoms. The van der Waals surface area contributed by atoms with Crippen molar-refractivity contribution in [2.75, 3.05) is 26.3 Å². The first-order chi connectivity index (χ1) is 14.0. The van der Waals surface area contributed by atoms with Gasteiger partial charge >= 0.3 is 5.97 Å². The van der Waals surface area contributed by atoms with Crippen LogP contribution in [-0.4, -0.2) is 55.0 Å². The van der Waals surface area contributed by atoms with Gasteiger partial charge in [-0.15, -0.1) is 0 Å². The molecule has 0 aliphatic carbocycles. The fourth-order valence-electron chi connectivity index (χ4n) is 3.19. The Morgan fingerprint density at radius 3 is 2.21 bits per heavy atom. The fourth-order valence-corrected chi connectivity index (χ4v) is 3.19. The SMILES string of the molecule is CC(OC(=O)CCC(=O)c1ccc(-c2ccccc2)cc1)C(=O)N1CCOCC1. The first-order valence-corrected chi connectivity index (χ1v) is 9.79. The minimum atomic E-state index is -0.860. The van der Waals surface area contributed by atoms with Crippen LogP contribution in [0, 0.1) is 0 Å². The Kier molecular flexibility index (Phi) is 7.14. The number of ketones is 1. The highest BCUT2D eigenvalue weighted by Crippen LogP contribution is 2.20. The number of ether oxygens (including phenoxy) is 2. The van der Waals surface area contributed by atoms with E-state index in [1.807, 2.05) is 42.5 Å². The molecule has 6 heteroatoms. The van der Waals surface area contributed by atoms with Crippen LogP contribution in [0.5, 0.6) is 0 Å². The summed E-state index contributed by atoms with van der Waals surface area (Å²) in [5.41, 5.74) is 2.65. The molecule has 1 aliphatic heterocycles. The summed E-state index contributed by atoms with van der Waals surface area (Å²) in [6.45, 7) is 3.53. The van der Waals surface area contributed by atoms with Crippen LogP contribution in [0.3, 0.4) is 0 Å². The lowest BCUT2D eigenvalue weighted by Gasteiger charge is -2.28. The number of Topliss-reactive ketones (excluding diaryl/α,β-unsaturated/α-hetero) is 1. The zero-order valence-electron chi connectivity index (χ0n) is 16.5. The van der Waals surface area contributed by atoms with E-state index in [0.717, 1.165) is 11.1 Å². The molecule has 1 fully saturated rings. The van der Waals surface area contributed by atoms with Gasteiger partial charge in [0.15, 0.2) is 11.9 Å². The van der Waals surface area contributed by atoms with E-state index in [9.17, 15) is 14.4 Å². The van der Waals surface area contributed by atoms with Gasteiger partial charge in [-0.1, -0.05) is 54.6 Å². The van der Waals surface area contributed by atoms with Crippen molar-refractivity contribution in [3.8, 4) is 11.1 Å². The second-order valence-electron chi connectivity index (χ2n) is 6.94. The molecule has 3 rings (SSSR count). The number of hydrogen-bond acceptors (Lipinski definition) is 5. The number of benzene rings is 2. The smallest absolute Gasteiger partial charge is 0.307 e. The Labute approximate surface area is 170 Å². The summed E-state index contributed by atoms with van der Waals surface area (Å²) in [6.07, 6.45) is -0.872. The molecule has 0 N–H and O–H groups in total. The average molecular weight is 395 g/mol. The van der Waals surface area contributed by atoms with E-state index >= 15 is 0 Å². The fraction of sp³-hybridized carbons (Fsp3) is 0.348. The molecular weight excluding hydrogens is 370 g/mol. The summed E-state index contributed by atoms with van der Waals surface area (Å²) in [6, 6.07) is 17.2.